The molecule has 2 bridgehead atoms. The van der Waals surface area contributed by atoms with E-state index < -0.39 is 0 Å². The molecule has 42 heteroatoms. The van der Waals surface area contributed by atoms with Crippen molar-refractivity contribution in [1.82, 2.24) is 114 Å². The average Bonchev–Trinajstić information content (AvgIpc) is 1.56. The van der Waals surface area contributed by atoms with E-state index in [2.05, 4.69) is 106 Å². The Bertz CT molecular complexity index is 7390. The van der Waals surface area contributed by atoms with Crippen molar-refractivity contribution in [2.45, 2.75) is 76.0 Å². The Morgan fingerprint density at radius 3 is 1.09 bits per heavy atom. The number of piperidine rings is 2. The number of fused-ring (bicyclic) bond motifs is 16. The van der Waals surface area contributed by atoms with Gasteiger partial charge in [-0.3, -0.25) is 15.0 Å². The molecule has 6 unspecified atom stereocenters. The highest BCUT2D eigenvalue weighted by molar-refractivity contribution is 5.92. The van der Waals surface area contributed by atoms with Gasteiger partial charge in [0.05, 0.1) is 53.8 Å². The van der Waals surface area contributed by atoms with Crippen LogP contribution in [-0.2, 0) is 46.8 Å². The van der Waals surface area contributed by atoms with E-state index in [1.54, 1.807) is 109 Å². The lowest BCUT2D eigenvalue weighted by Crippen LogP contribution is -2.46. The summed E-state index contributed by atoms with van der Waals surface area (Å²) in [6, 6.07) is 19.8. The largest absolute Gasteiger partial charge is 0.423 e. The molecule has 26 rings (SSSR count). The third-order valence-corrected chi connectivity index (χ3v) is 28.3. The number of halogens is 4. The number of benzene rings is 4. The maximum atomic E-state index is 14.6. The number of hydrogen-bond donors (Lipinski definition) is 8. The lowest BCUT2D eigenvalue weighted by molar-refractivity contribution is 0.194. The molecule has 11 aromatic heterocycles. The molecule has 5 aliphatic heterocycles. The second kappa shape index (κ2) is 35.7. The Balaban J connectivity index is 0.000000104. The zero-order valence-corrected chi connectivity index (χ0v) is 77.7. The number of anilines is 8. The van der Waals surface area contributed by atoms with Gasteiger partial charge in [-0.25, -0.2) is 56.5 Å². The smallest absolute Gasteiger partial charge is 0.324 e. The Labute approximate surface area is 799 Å². The van der Waals surface area contributed by atoms with Gasteiger partial charge < -0.3 is 82.3 Å². The molecule has 15 aromatic rings. The monoisotopic (exact) mass is 1890 g/mol. The summed E-state index contributed by atoms with van der Waals surface area (Å²) in [7, 11) is 12.7. The summed E-state index contributed by atoms with van der Waals surface area (Å²) in [5.41, 5.74) is 38.1. The number of nitrogens with one attached hydrogen (secondary N) is 5. The summed E-state index contributed by atoms with van der Waals surface area (Å²) in [5, 5.41) is 28.5. The highest BCUT2D eigenvalue weighted by atomic mass is 19.1. The molecule has 11 N–H and O–H groups in total. The van der Waals surface area contributed by atoms with Crippen molar-refractivity contribution < 1.29 is 36.5 Å². The first kappa shape index (κ1) is 88.3. The molecule has 16 heterocycles. The number of nitrogens with two attached hydrogens (primary N) is 3. The zero-order valence-electron chi connectivity index (χ0n) is 77.7. The summed E-state index contributed by atoms with van der Waals surface area (Å²) in [5.74, 6) is 9.05. The van der Waals surface area contributed by atoms with Gasteiger partial charge in [0.25, 0.3) is 0 Å². The quantitative estimate of drug-likeness (QED) is 0.0349. The van der Waals surface area contributed by atoms with Crippen molar-refractivity contribution in [1.29, 1.82) is 0 Å². The van der Waals surface area contributed by atoms with Crippen LogP contribution in [0.1, 0.15) is 70.1 Å². The molecule has 11 aliphatic rings. The molecule has 6 aliphatic carbocycles. The van der Waals surface area contributed by atoms with E-state index in [-0.39, 0.29) is 65.4 Å². The number of hydrogen-bond acceptors (Lipinski definition) is 35. The van der Waals surface area contributed by atoms with Crippen molar-refractivity contribution in [2.24, 2.45) is 67.9 Å². The Morgan fingerprint density at radius 2 is 0.750 bits per heavy atom. The lowest BCUT2D eigenvalue weighted by atomic mass is 9.72. The molecule has 140 heavy (non-hydrogen) atoms. The second-order valence-corrected chi connectivity index (χ2v) is 37.1. The first-order valence-corrected chi connectivity index (χ1v) is 46.6. The van der Waals surface area contributed by atoms with E-state index >= 15 is 0 Å². The van der Waals surface area contributed by atoms with Crippen molar-refractivity contribution in [3.05, 3.63) is 209 Å². The maximum absolute atomic E-state index is 14.6. The fourth-order valence-electron chi connectivity index (χ4n) is 21.5. The van der Waals surface area contributed by atoms with Gasteiger partial charge in [0, 0.05) is 238 Å². The topological polar surface area (TPSA) is 448 Å². The Kier molecular flexibility index (Phi) is 22.5. The first-order valence-electron chi connectivity index (χ1n) is 46.6. The van der Waals surface area contributed by atoms with Crippen LogP contribution >= 0.6 is 0 Å². The molecular weight excluding hydrogens is 1790 g/mol. The molecule has 5 saturated heterocycles. The van der Waals surface area contributed by atoms with E-state index in [9.17, 15) is 17.6 Å². The standard InChI is InChI=1S/2C26H26FN9O.C24H24FN9O.C22H22FN7O/c1-28-21-6-16(27)5-20-19(21)7-22-23(20)25(36-11-14-3-17(12-36)30-8-14)34-26(33-22)37-18-4-15(9-29-10-18)24-31-13-32-35(24)2;1-29-21-6-15(27)5-18-17(21)7-22-23(18)25(36-10-14-4-20(28)19(14)11-36)34-26(33-22)37-16-3-13(8-30-9-16)24-31-12-32-35(24)2;1-27-19-7-14(25)6-18-17(19)8-20-21(18)23(34-4-3-15(26)11-34)32-24(31-20)35-16-5-13(9-28-10-16)22-29-12-30-33(22)2;1-10-26-6-12(7-27-10)31-22-28-18-5-13-14(3-11(23)4-17(13)25-2)19(18)21(29-22)30-8-15-16(9-30)20(15)24/h4-6,9-10,13-14,17,28,30H,3,7-8,11-12H2,1-2H3;3,5-6,8-9,12,14,19-20,29H,4,7,10-11,28H2,1-2H3;5-7,9-10,12,15,27H,3-4,8,11,26H2,1-2H3;3-4,6-7,15-16,20,25H,5,8-9,24H2,1-2H3/t;14?,19?,20-;15-;/m.11./s1. The number of rotatable bonds is 19. The Hall–Kier alpha value is -15.7. The van der Waals surface area contributed by atoms with Gasteiger partial charge >= 0.3 is 24.0 Å². The van der Waals surface area contributed by atoms with Crippen LogP contribution in [0.4, 0.5) is 63.6 Å². The van der Waals surface area contributed by atoms with Gasteiger partial charge in [0.2, 0.25) is 0 Å². The molecule has 712 valence electrons. The summed E-state index contributed by atoms with van der Waals surface area (Å²) in [6.07, 6.45) is 23.0. The molecule has 2 saturated carbocycles. The van der Waals surface area contributed by atoms with Gasteiger partial charge in [-0.2, -0.15) is 55.2 Å². The third-order valence-electron chi connectivity index (χ3n) is 28.3. The van der Waals surface area contributed by atoms with E-state index in [0.717, 1.165) is 212 Å². The Morgan fingerprint density at radius 1 is 0.386 bits per heavy atom. The SMILES string of the molecule is CNc1cc(F)cc2c1Cc1nc(Oc3cnc(C)nc3)nc(N3CC4C(N)C4C3)c1-2.CNc1cc(F)cc2c1Cc1nc(Oc3cncc(-c4ncnn4C)c3)nc(N3CC4CNC(C4)C3)c1-2.CNc1cc(F)cc2c1Cc1nc(Oc3cncc(-c4ncnn4C)c3)nc(N3CC4C[C@@H](N)C4C3)c1-2.CNc1cc(F)cc2c1Cc1nc(Oc3cncc(-c4ncnn4C)c3)nc(N3CC[C@@H](N)C3)c1-2. The molecular formula is C98H98F4N34O4. The predicted molar refractivity (Wildman–Crippen MR) is 515 cm³/mol. The van der Waals surface area contributed by atoms with Gasteiger partial charge in [0.15, 0.2) is 23.2 Å². The normalized spacial score (nSPS) is 19.9. The highest BCUT2D eigenvalue weighted by Crippen LogP contribution is 2.55. The summed E-state index contributed by atoms with van der Waals surface area (Å²) < 4.78 is 87.4. The maximum Gasteiger partial charge on any atom is 0.324 e. The van der Waals surface area contributed by atoms with Gasteiger partial charge in [-0.1, -0.05) is 0 Å². The minimum absolute atomic E-state index is 0.0542. The molecule has 4 aromatic carbocycles. The van der Waals surface area contributed by atoms with Crippen LogP contribution in [0.2, 0.25) is 0 Å². The minimum atomic E-state index is -0.308. The van der Waals surface area contributed by atoms with E-state index in [4.69, 9.17) is 71.0 Å². The average molecular weight is 1890 g/mol. The number of ether oxygens (including phenoxy) is 4. The second-order valence-electron chi connectivity index (χ2n) is 37.1. The summed E-state index contributed by atoms with van der Waals surface area (Å²) >= 11 is 0. The summed E-state index contributed by atoms with van der Waals surface area (Å²) in [4.78, 5) is 81.4. The molecule has 0 amide bonds. The van der Waals surface area contributed by atoms with Crippen LogP contribution in [0.15, 0.2) is 135 Å². The van der Waals surface area contributed by atoms with Crippen molar-refractivity contribution in [2.75, 3.05) is 128 Å². The number of pyridine rings is 3. The fraction of sp³-hybridized carbons (Fsp3) is 0.337. The van der Waals surface area contributed by atoms with E-state index in [0.29, 0.717) is 120 Å². The van der Waals surface area contributed by atoms with Crippen LogP contribution in [-0.4, -0.2) is 220 Å². The van der Waals surface area contributed by atoms with E-state index in [1.807, 2.05) is 53.3 Å². The van der Waals surface area contributed by atoms with Crippen LogP contribution in [0.25, 0.3) is 78.7 Å². The molecule has 0 spiro atoms. The van der Waals surface area contributed by atoms with Crippen molar-refractivity contribution in [3.63, 3.8) is 0 Å². The van der Waals surface area contributed by atoms with Gasteiger partial charge in [0.1, 0.15) is 88.6 Å². The first-order chi connectivity index (χ1) is 68.0. The molecule has 7 fully saturated rings. The molecule has 0 radical (unpaired) electrons. The van der Waals surface area contributed by atoms with Crippen LogP contribution < -0.4 is 82.3 Å². The highest BCUT2D eigenvalue weighted by Gasteiger charge is 2.55. The van der Waals surface area contributed by atoms with Crippen molar-refractivity contribution in [3.8, 4) is 126 Å². The molecule has 38 nitrogen and oxygen atoms in total. The van der Waals surface area contributed by atoms with E-state index in [1.165, 1.54) is 49.7 Å². The van der Waals surface area contributed by atoms with Gasteiger partial charge in [-0.15, -0.1) is 0 Å². The third kappa shape index (κ3) is 16.5. The zero-order chi connectivity index (χ0) is 95.7. The fourth-order valence-corrected chi connectivity index (χ4v) is 21.5. The van der Waals surface area contributed by atoms with Crippen LogP contribution in [0, 0.1) is 59.8 Å². The van der Waals surface area contributed by atoms with Crippen molar-refractivity contribution >= 4 is 46.0 Å². The van der Waals surface area contributed by atoms with Crippen LogP contribution in [0.3, 0.4) is 0 Å². The number of aryl methyl sites for hydroxylation is 4. The van der Waals surface area contributed by atoms with Crippen LogP contribution in [0.5, 0.6) is 47.0 Å². The minimum Gasteiger partial charge on any atom is -0.423 e. The predicted octanol–water partition coefficient (Wildman–Crippen LogP) is 11.3. The molecule has 8 atom stereocenters. The van der Waals surface area contributed by atoms with Gasteiger partial charge in [-0.05, 0) is 167 Å². The summed E-state index contributed by atoms with van der Waals surface area (Å²) in [6.45, 7) is 9.34. The number of aromatic nitrogens is 22. The number of nitrogens with zero attached hydrogens (tertiary/aromatic N) is 26. The lowest BCUT2D eigenvalue weighted by Gasteiger charge is -2.36.